The average molecular weight is 316 g/mol. The first kappa shape index (κ1) is 19.6. The minimum absolute atomic E-state index is 0.148. The van der Waals surface area contributed by atoms with Crippen LogP contribution in [0.1, 0.15) is 51.9 Å². The summed E-state index contributed by atoms with van der Waals surface area (Å²) in [7, 11) is 0. The van der Waals surface area contributed by atoms with Gasteiger partial charge in [0.05, 0.1) is 13.2 Å². The van der Waals surface area contributed by atoms with Gasteiger partial charge in [-0.2, -0.15) is 0 Å². The number of aliphatic hydroxyl groups excluding tert-OH is 3. The van der Waals surface area contributed by atoms with Gasteiger partial charge in [-0.15, -0.1) is 0 Å². The average Bonchev–Trinajstić information content (AvgIpc) is 2.89. The van der Waals surface area contributed by atoms with Crippen LogP contribution in [0.3, 0.4) is 0 Å². The standard InChI is InChI=1S/C17H32O5/c1-2-3-4-5-6-7-8-9-10-11-21-17-15(20)13-22-16(17)14(19)12-18/h5-6,14-20H,2-4,7-13H2,1H3/b6-5+/t14-,15+,16-,17-/m0/s1. The molecule has 0 unspecified atom stereocenters. The van der Waals surface area contributed by atoms with E-state index in [0.29, 0.717) is 6.61 Å². The normalized spacial score (nSPS) is 26.8. The minimum atomic E-state index is -1.00. The molecular formula is C17H32O5. The van der Waals surface area contributed by atoms with Crippen molar-refractivity contribution in [3.05, 3.63) is 12.2 Å². The van der Waals surface area contributed by atoms with E-state index in [0.717, 1.165) is 25.7 Å². The van der Waals surface area contributed by atoms with Gasteiger partial charge in [0.2, 0.25) is 0 Å². The van der Waals surface area contributed by atoms with E-state index in [1.165, 1.54) is 19.3 Å². The van der Waals surface area contributed by atoms with Crippen molar-refractivity contribution in [2.24, 2.45) is 0 Å². The van der Waals surface area contributed by atoms with Gasteiger partial charge in [0, 0.05) is 6.61 Å². The molecule has 0 aromatic rings. The summed E-state index contributed by atoms with van der Waals surface area (Å²) in [4.78, 5) is 0. The molecule has 1 heterocycles. The first-order valence-corrected chi connectivity index (χ1v) is 8.55. The largest absolute Gasteiger partial charge is 0.394 e. The van der Waals surface area contributed by atoms with Crippen LogP contribution in [0.25, 0.3) is 0 Å². The third-order valence-corrected chi connectivity index (χ3v) is 3.95. The molecule has 22 heavy (non-hydrogen) atoms. The second-order valence-corrected chi connectivity index (χ2v) is 5.91. The van der Waals surface area contributed by atoms with Gasteiger partial charge in [-0.1, -0.05) is 38.3 Å². The number of allylic oxidation sites excluding steroid dienone is 2. The highest BCUT2D eigenvalue weighted by Gasteiger charge is 2.40. The number of aliphatic hydroxyl groups is 3. The van der Waals surface area contributed by atoms with Gasteiger partial charge in [-0.3, -0.25) is 0 Å². The molecule has 130 valence electrons. The number of ether oxygens (including phenoxy) is 2. The molecule has 1 fully saturated rings. The van der Waals surface area contributed by atoms with E-state index >= 15 is 0 Å². The van der Waals surface area contributed by atoms with Gasteiger partial charge < -0.3 is 24.8 Å². The summed E-state index contributed by atoms with van der Waals surface area (Å²) < 4.78 is 10.9. The summed E-state index contributed by atoms with van der Waals surface area (Å²) in [6, 6.07) is 0. The van der Waals surface area contributed by atoms with Crippen LogP contribution in [-0.2, 0) is 9.47 Å². The van der Waals surface area contributed by atoms with Gasteiger partial charge in [0.15, 0.2) is 0 Å². The first-order chi connectivity index (χ1) is 10.7. The number of unbranched alkanes of at least 4 members (excludes halogenated alkanes) is 5. The zero-order valence-electron chi connectivity index (χ0n) is 13.7. The van der Waals surface area contributed by atoms with Crippen LogP contribution in [0.15, 0.2) is 12.2 Å². The second-order valence-electron chi connectivity index (χ2n) is 5.91. The Labute approximate surface area is 133 Å². The number of hydrogen-bond acceptors (Lipinski definition) is 5. The van der Waals surface area contributed by atoms with E-state index in [1.54, 1.807) is 0 Å². The fourth-order valence-electron chi connectivity index (χ4n) is 2.58. The van der Waals surface area contributed by atoms with E-state index < -0.39 is 24.4 Å². The second kappa shape index (κ2) is 12.0. The van der Waals surface area contributed by atoms with Crippen LogP contribution in [0, 0.1) is 0 Å². The maximum absolute atomic E-state index is 9.80. The van der Waals surface area contributed by atoms with Gasteiger partial charge in [0.25, 0.3) is 0 Å². The molecule has 0 spiro atoms. The molecule has 1 rings (SSSR count). The SMILES string of the molecule is CCCC/C=C/CCCCCO[C@@H]1[C@H]([C@@H](O)CO)OC[C@H]1O. The topological polar surface area (TPSA) is 79.2 Å². The van der Waals surface area contributed by atoms with E-state index in [2.05, 4.69) is 19.1 Å². The fraction of sp³-hybridized carbons (Fsp3) is 0.882. The summed E-state index contributed by atoms with van der Waals surface area (Å²) in [5.41, 5.74) is 0. The van der Waals surface area contributed by atoms with Crippen molar-refractivity contribution < 1.29 is 24.8 Å². The van der Waals surface area contributed by atoms with E-state index in [-0.39, 0.29) is 13.2 Å². The van der Waals surface area contributed by atoms with Crippen molar-refractivity contribution in [2.45, 2.75) is 76.3 Å². The van der Waals surface area contributed by atoms with E-state index in [1.807, 2.05) is 0 Å². The highest BCUT2D eigenvalue weighted by molar-refractivity contribution is 4.89. The van der Waals surface area contributed by atoms with Crippen LogP contribution in [0.2, 0.25) is 0 Å². The minimum Gasteiger partial charge on any atom is -0.394 e. The summed E-state index contributed by atoms with van der Waals surface area (Å²) in [6.07, 6.45) is 9.51. The highest BCUT2D eigenvalue weighted by atomic mass is 16.6. The number of rotatable bonds is 12. The molecule has 0 bridgehead atoms. The first-order valence-electron chi connectivity index (χ1n) is 8.55. The summed E-state index contributed by atoms with van der Waals surface area (Å²) in [5.74, 6) is 0. The Morgan fingerprint density at radius 2 is 1.91 bits per heavy atom. The quantitative estimate of drug-likeness (QED) is 0.378. The molecule has 0 amide bonds. The molecule has 5 nitrogen and oxygen atoms in total. The van der Waals surface area contributed by atoms with Gasteiger partial charge in [-0.25, -0.2) is 0 Å². The molecule has 0 aromatic heterocycles. The van der Waals surface area contributed by atoms with Crippen LogP contribution in [-0.4, -0.2) is 59.6 Å². The van der Waals surface area contributed by atoms with Crippen molar-refractivity contribution in [1.82, 2.24) is 0 Å². The Bertz CT molecular complexity index is 295. The van der Waals surface area contributed by atoms with Crippen molar-refractivity contribution in [2.75, 3.05) is 19.8 Å². The maximum atomic E-state index is 9.80. The summed E-state index contributed by atoms with van der Waals surface area (Å²) in [5, 5.41) is 28.4. The maximum Gasteiger partial charge on any atom is 0.114 e. The Morgan fingerprint density at radius 3 is 2.59 bits per heavy atom. The Hall–Kier alpha value is -0.460. The zero-order valence-corrected chi connectivity index (χ0v) is 13.7. The monoisotopic (exact) mass is 316 g/mol. The van der Waals surface area contributed by atoms with Crippen LogP contribution < -0.4 is 0 Å². The van der Waals surface area contributed by atoms with Crippen molar-refractivity contribution >= 4 is 0 Å². The molecule has 0 radical (unpaired) electrons. The van der Waals surface area contributed by atoms with Crippen LogP contribution >= 0.6 is 0 Å². The lowest BCUT2D eigenvalue weighted by Gasteiger charge is -2.23. The predicted octanol–water partition coefficient (Wildman–Crippen LogP) is 1.79. The molecule has 0 aliphatic carbocycles. The molecule has 1 aliphatic rings. The van der Waals surface area contributed by atoms with Crippen molar-refractivity contribution in [1.29, 1.82) is 0 Å². The molecule has 1 aliphatic heterocycles. The van der Waals surface area contributed by atoms with Gasteiger partial charge >= 0.3 is 0 Å². The zero-order chi connectivity index (χ0) is 16.2. The molecule has 0 aromatic carbocycles. The predicted molar refractivity (Wildman–Crippen MR) is 85.7 cm³/mol. The van der Waals surface area contributed by atoms with Crippen LogP contribution in [0.4, 0.5) is 0 Å². The van der Waals surface area contributed by atoms with Gasteiger partial charge in [-0.05, 0) is 25.7 Å². The summed E-state index contributed by atoms with van der Waals surface area (Å²) in [6.45, 7) is 2.50. The number of hydrogen-bond donors (Lipinski definition) is 3. The molecule has 0 saturated carbocycles. The van der Waals surface area contributed by atoms with E-state index in [9.17, 15) is 10.2 Å². The molecule has 3 N–H and O–H groups in total. The molecular weight excluding hydrogens is 284 g/mol. The Morgan fingerprint density at radius 1 is 1.18 bits per heavy atom. The lowest BCUT2D eigenvalue weighted by atomic mass is 10.1. The molecule has 4 atom stereocenters. The fourth-order valence-corrected chi connectivity index (χ4v) is 2.58. The third-order valence-electron chi connectivity index (χ3n) is 3.95. The lowest BCUT2D eigenvalue weighted by molar-refractivity contribution is -0.0937. The van der Waals surface area contributed by atoms with Gasteiger partial charge in [0.1, 0.15) is 24.4 Å². The van der Waals surface area contributed by atoms with Crippen molar-refractivity contribution in [3.8, 4) is 0 Å². The summed E-state index contributed by atoms with van der Waals surface area (Å²) >= 11 is 0. The molecule has 1 saturated heterocycles. The Balaban J connectivity index is 2.07. The highest BCUT2D eigenvalue weighted by Crippen LogP contribution is 2.21. The van der Waals surface area contributed by atoms with E-state index in [4.69, 9.17) is 14.6 Å². The van der Waals surface area contributed by atoms with Crippen molar-refractivity contribution in [3.63, 3.8) is 0 Å². The third kappa shape index (κ3) is 7.20. The smallest absolute Gasteiger partial charge is 0.114 e. The Kier molecular flexibility index (Phi) is 10.7. The lowest BCUT2D eigenvalue weighted by Crippen LogP contribution is -2.42. The molecule has 5 heteroatoms. The van der Waals surface area contributed by atoms with Crippen LogP contribution in [0.5, 0.6) is 0 Å².